The Kier molecular flexibility index (Phi) is 5.56. The molecule has 1 aromatic heterocycles. The third-order valence-corrected chi connectivity index (χ3v) is 4.33. The van der Waals surface area contributed by atoms with Crippen molar-refractivity contribution in [2.75, 3.05) is 5.32 Å². The lowest BCUT2D eigenvalue weighted by Crippen LogP contribution is -2.13. The van der Waals surface area contributed by atoms with Crippen molar-refractivity contribution in [3.8, 4) is 11.3 Å². The average Bonchev–Trinajstić information content (AvgIpc) is 2.67. The Morgan fingerprint density at radius 1 is 0.900 bits per heavy atom. The first-order valence-corrected chi connectivity index (χ1v) is 8.58. The minimum Gasteiger partial charge on any atom is -0.322 e. The van der Waals surface area contributed by atoms with Crippen LogP contribution in [0.5, 0.6) is 0 Å². The number of aryl methyl sites for hydroxylation is 1. The van der Waals surface area contributed by atoms with Gasteiger partial charge in [0.25, 0.3) is 5.91 Å². The molecule has 2 aromatic carbocycles. The number of benzene rings is 2. The van der Waals surface area contributed by atoms with Crippen molar-refractivity contribution in [1.29, 1.82) is 0 Å². The van der Waals surface area contributed by atoms with Crippen molar-refractivity contribution in [2.24, 2.45) is 0 Å². The fourth-order valence-corrected chi connectivity index (χ4v) is 2.87. The fraction of sp³-hybridized carbons (Fsp3) is 0.143. The molecule has 0 aliphatic rings. The molecule has 0 fully saturated rings. The smallest absolute Gasteiger partial charge is 0.322 e. The third kappa shape index (κ3) is 4.61. The Hall–Kier alpha value is -3.36. The SMILES string of the molecule is Cc1cc(C(=O)Nc2ccc(C(F)(F)F)cc2)ccc1-c1ncccc1C(F)(F)F. The first kappa shape index (κ1) is 21.4. The molecule has 9 heteroatoms. The van der Waals surface area contributed by atoms with Crippen LogP contribution in [0, 0.1) is 6.92 Å². The number of halogens is 6. The van der Waals surface area contributed by atoms with Gasteiger partial charge in [0.1, 0.15) is 0 Å². The van der Waals surface area contributed by atoms with Gasteiger partial charge in [0.05, 0.1) is 16.8 Å². The molecule has 3 nitrogen and oxygen atoms in total. The number of pyridine rings is 1. The number of hydrogen-bond donors (Lipinski definition) is 1. The quantitative estimate of drug-likeness (QED) is 0.498. The molecular weight excluding hydrogens is 410 g/mol. The predicted molar refractivity (Wildman–Crippen MR) is 98.8 cm³/mol. The number of amides is 1. The number of carbonyl (C=O) groups is 1. The van der Waals surface area contributed by atoms with Gasteiger partial charge in [-0.25, -0.2) is 0 Å². The Morgan fingerprint density at radius 3 is 2.13 bits per heavy atom. The highest BCUT2D eigenvalue weighted by Crippen LogP contribution is 2.37. The Labute approximate surface area is 167 Å². The van der Waals surface area contributed by atoms with Crippen molar-refractivity contribution in [1.82, 2.24) is 4.98 Å². The number of nitrogens with one attached hydrogen (secondary N) is 1. The molecule has 3 rings (SSSR count). The van der Waals surface area contributed by atoms with Crippen LogP contribution in [0.1, 0.15) is 27.0 Å². The molecule has 0 bridgehead atoms. The normalized spacial score (nSPS) is 12.0. The second-order valence-corrected chi connectivity index (χ2v) is 6.46. The van der Waals surface area contributed by atoms with Gasteiger partial charge in [-0.3, -0.25) is 9.78 Å². The summed E-state index contributed by atoms with van der Waals surface area (Å²) in [4.78, 5) is 16.2. The van der Waals surface area contributed by atoms with Crippen LogP contribution in [0.4, 0.5) is 32.0 Å². The van der Waals surface area contributed by atoms with Gasteiger partial charge in [0, 0.05) is 23.0 Å². The van der Waals surface area contributed by atoms with Crippen LogP contribution < -0.4 is 5.32 Å². The van der Waals surface area contributed by atoms with E-state index in [9.17, 15) is 31.1 Å². The van der Waals surface area contributed by atoms with Crippen molar-refractivity contribution < 1.29 is 31.1 Å². The van der Waals surface area contributed by atoms with Crippen molar-refractivity contribution in [3.63, 3.8) is 0 Å². The number of alkyl halides is 6. The molecular formula is C21H14F6N2O. The van der Waals surface area contributed by atoms with Gasteiger partial charge in [-0.05, 0) is 61.0 Å². The van der Waals surface area contributed by atoms with Crippen molar-refractivity contribution in [3.05, 3.63) is 83.0 Å². The summed E-state index contributed by atoms with van der Waals surface area (Å²) in [5.41, 5.74) is -1.10. The summed E-state index contributed by atoms with van der Waals surface area (Å²) >= 11 is 0. The first-order chi connectivity index (χ1) is 14.0. The zero-order chi connectivity index (χ0) is 22.1. The summed E-state index contributed by atoms with van der Waals surface area (Å²) in [5.74, 6) is -0.610. The van der Waals surface area contributed by atoms with E-state index >= 15 is 0 Å². The molecule has 1 N–H and O–H groups in total. The number of anilines is 1. The Balaban J connectivity index is 1.85. The van der Waals surface area contributed by atoms with Gasteiger partial charge < -0.3 is 5.32 Å². The standard InChI is InChI=1S/C21H14F6N2O/c1-12-11-13(19(30)29-15-7-5-14(6-8-15)20(22,23)24)4-9-16(12)18-17(21(25,26)27)3-2-10-28-18/h2-11H,1H3,(H,29,30). The van der Waals surface area contributed by atoms with E-state index < -0.39 is 29.4 Å². The zero-order valence-corrected chi connectivity index (χ0v) is 15.4. The highest BCUT2D eigenvalue weighted by atomic mass is 19.4. The van der Waals surface area contributed by atoms with E-state index in [-0.39, 0.29) is 22.5 Å². The van der Waals surface area contributed by atoms with E-state index in [2.05, 4.69) is 10.3 Å². The summed E-state index contributed by atoms with van der Waals surface area (Å²) in [7, 11) is 0. The molecule has 0 aliphatic carbocycles. The van der Waals surface area contributed by atoms with Crippen molar-refractivity contribution in [2.45, 2.75) is 19.3 Å². The van der Waals surface area contributed by atoms with Gasteiger partial charge in [0.15, 0.2) is 0 Å². The largest absolute Gasteiger partial charge is 0.418 e. The summed E-state index contributed by atoms with van der Waals surface area (Å²) in [6.07, 6.45) is -7.83. The molecule has 156 valence electrons. The van der Waals surface area contributed by atoms with E-state index in [1.54, 1.807) is 6.92 Å². The Morgan fingerprint density at radius 2 is 1.57 bits per heavy atom. The molecule has 0 spiro atoms. The number of hydrogen-bond acceptors (Lipinski definition) is 2. The van der Waals surface area contributed by atoms with Crippen molar-refractivity contribution >= 4 is 11.6 Å². The molecule has 0 unspecified atom stereocenters. The highest BCUT2D eigenvalue weighted by molar-refractivity contribution is 6.04. The van der Waals surface area contributed by atoms with E-state index in [1.165, 1.54) is 30.5 Å². The molecule has 1 heterocycles. The van der Waals surface area contributed by atoms with E-state index in [0.29, 0.717) is 5.56 Å². The minimum atomic E-state index is -4.59. The van der Waals surface area contributed by atoms with Crippen LogP contribution in [0.15, 0.2) is 60.8 Å². The molecule has 30 heavy (non-hydrogen) atoms. The van der Waals surface area contributed by atoms with E-state index in [1.807, 2.05) is 0 Å². The maximum atomic E-state index is 13.2. The zero-order valence-electron chi connectivity index (χ0n) is 15.4. The molecule has 0 radical (unpaired) electrons. The van der Waals surface area contributed by atoms with Gasteiger partial charge >= 0.3 is 12.4 Å². The molecule has 3 aromatic rings. The van der Waals surface area contributed by atoms with E-state index in [4.69, 9.17) is 0 Å². The molecule has 0 atom stereocenters. The number of nitrogens with zero attached hydrogens (tertiary/aromatic N) is 1. The first-order valence-electron chi connectivity index (χ1n) is 8.58. The predicted octanol–water partition coefficient (Wildman–Crippen LogP) is 6.35. The molecule has 0 aliphatic heterocycles. The lowest BCUT2D eigenvalue weighted by Gasteiger charge is -2.14. The number of aromatic nitrogens is 1. The van der Waals surface area contributed by atoms with Gasteiger partial charge in [0.2, 0.25) is 0 Å². The topological polar surface area (TPSA) is 42.0 Å². The summed E-state index contributed by atoms with van der Waals surface area (Å²) in [6, 6.07) is 10.1. The monoisotopic (exact) mass is 424 g/mol. The summed E-state index contributed by atoms with van der Waals surface area (Å²) < 4.78 is 77.6. The second kappa shape index (κ2) is 7.81. The fourth-order valence-electron chi connectivity index (χ4n) is 2.87. The molecule has 0 saturated heterocycles. The van der Waals surface area contributed by atoms with Crippen LogP contribution in [0.2, 0.25) is 0 Å². The third-order valence-electron chi connectivity index (χ3n) is 4.33. The molecule has 0 saturated carbocycles. The molecule has 1 amide bonds. The van der Waals surface area contributed by atoms with Crippen LogP contribution in [-0.4, -0.2) is 10.9 Å². The van der Waals surface area contributed by atoms with E-state index in [0.717, 1.165) is 30.3 Å². The maximum Gasteiger partial charge on any atom is 0.418 e. The van der Waals surface area contributed by atoms with Gasteiger partial charge in [-0.2, -0.15) is 26.3 Å². The second-order valence-electron chi connectivity index (χ2n) is 6.46. The average molecular weight is 424 g/mol. The maximum absolute atomic E-state index is 13.2. The summed E-state index contributed by atoms with van der Waals surface area (Å²) in [5, 5.41) is 2.46. The van der Waals surface area contributed by atoms with Gasteiger partial charge in [-0.15, -0.1) is 0 Å². The van der Waals surface area contributed by atoms with Crippen LogP contribution in [0.25, 0.3) is 11.3 Å². The highest BCUT2D eigenvalue weighted by Gasteiger charge is 2.34. The lowest BCUT2D eigenvalue weighted by atomic mass is 9.98. The van der Waals surface area contributed by atoms with Crippen LogP contribution >= 0.6 is 0 Å². The van der Waals surface area contributed by atoms with Crippen LogP contribution in [0.3, 0.4) is 0 Å². The van der Waals surface area contributed by atoms with Gasteiger partial charge in [-0.1, -0.05) is 6.07 Å². The lowest BCUT2D eigenvalue weighted by molar-refractivity contribution is -0.138. The Bertz CT molecular complexity index is 1070. The van der Waals surface area contributed by atoms with Crippen LogP contribution in [-0.2, 0) is 12.4 Å². The minimum absolute atomic E-state index is 0.139. The summed E-state index contributed by atoms with van der Waals surface area (Å²) in [6.45, 7) is 1.54. The number of rotatable bonds is 3. The number of carbonyl (C=O) groups excluding carboxylic acids is 1.